The van der Waals surface area contributed by atoms with Gasteiger partial charge in [-0.25, -0.2) is 17.8 Å². The predicted molar refractivity (Wildman–Crippen MR) is 146 cm³/mol. The van der Waals surface area contributed by atoms with Gasteiger partial charge in [-0.05, 0) is 42.8 Å². The maximum absolute atomic E-state index is 14.9. The molecule has 0 unspecified atom stereocenters. The SMILES string of the molecule is Cc1ccc(N(C)S(C)(=O)=O)c(Cn2ccc3cnc(Nc4ccc(N5CCNCC5)c(F)c4)nc32)c1. The van der Waals surface area contributed by atoms with E-state index in [1.165, 1.54) is 16.6 Å². The van der Waals surface area contributed by atoms with Crippen LogP contribution in [-0.4, -0.2) is 62.4 Å². The van der Waals surface area contributed by atoms with Crippen molar-refractivity contribution in [1.29, 1.82) is 0 Å². The highest BCUT2D eigenvalue weighted by atomic mass is 32.2. The molecule has 0 amide bonds. The van der Waals surface area contributed by atoms with Crippen LogP contribution in [0.15, 0.2) is 54.9 Å². The Kier molecular flexibility index (Phi) is 6.74. The van der Waals surface area contributed by atoms with E-state index in [0.717, 1.165) is 42.7 Å². The number of sulfonamides is 1. The van der Waals surface area contributed by atoms with Gasteiger partial charge in [0, 0.05) is 56.7 Å². The fourth-order valence-corrected chi connectivity index (χ4v) is 5.08. The minimum Gasteiger partial charge on any atom is -0.367 e. The van der Waals surface area contributed by atoms with Crippen molar-refractivity contribution in [2.24, 2.45) is 0 Å². The first-order valence-electron chi connectivity index (χ1n) is 12.1. The molecule has 11 heteroatoms. The van der Waals surface area contributed by atoms with Crippen molar-refractivity contribution in [3.8, 4) is 0 Å². The highest BCUT2D eigenvalue weighted by Crippen LogP contribution is 2.27. The molecule has 1 aliphatic heterocycles. The van der Waals surface area contributed by atoms with E-state index in [2.05, 4.69) is 20.6 Å². The van der Waals surface area contributed by atoms with Crippen LogP contribution in [0.5, 0.6) is 0 Å². The van der Waals surface area contributed by atoms with Crippen molar-refractivity contribution in [1.82, 2.24) is 19.9 Å². The normalized spacial score (nSPS) is 14.2. The van der Waals surface area contributed by atoms with Crippen LogP contribution >= 0.6 is 0 Å². The number of anilines is 4. The van der Waals surface area contributed by atoms with Gasteiger partial charge in [-0.1, -0.05) is 17.7 Å². The fourth-order valence-electron chi connectivity index (χ4n) is 4.54. The summed E-state index contributed by atoms with van der Waals surface area (Å²) in [5.74, 6) is 0.0535. The first kappa shape index (κ1) is 25.0. The van der Waals surface area contributed by atoms with Crippen LogP contribution in [0.3, 0.4) is 0 Å². The summed E-state index contributed by atoms with van der Waals surface area (Å²) in [5.41, 5.74) is 4.33. The third-order valence-corrected chi connectivity index (χ3v) is 7.77. The Morgan fingerprint density at radius 2 is 1.92 bits per heavy atom. The second-order valence-corrected chi connectivity index (χ2v) is 11.3. The number of aryl methyl sites for hydroxylation is 1. The molecule has 0 saturated carbocycles. The quantitative estimate of drug-likeness (QED) is 0.383. The van der Waals surface area contributed by atoms with Crippen LogP contribution in [0.4, 0.5) is 27.4 Å². The van der Waals surface area contributed by atoms with E-state index < -0.39 is 10.0 Å². The third kappa shape index (κ3) is 5.37. The van der Waals surface area contributed by atoms with Crippen LogP contribution in [0.1, 0.15) is 11.1 Å². The number of halogens is 1. The maximum Gasteiger partial charge on any atom is 0.232 e. The molecule has 2 aromatic heterocycles. The molecular weight excluding hydrogens is 493 g/mol. The summed E-state index contributed by atoms with van der Waals surface area (Å²) < 4.78 is 42.5. The Labute approximate surface area is 216 Å². The molecule has 3 heterocycles. The second-order valence-electron chi connectivity index (χ2n) is 9.31. The highest BCUT2D eigenvalue weighted by Gasteiger charge is 2.18. The van der Waals surface area contributed by atoms with Crippen molar-refractivity contribution in [2.75, 3.05) is 54.0 Å². The first-order valence-corrected chi connectivity index (χ1v) is 13.9. The zero-order valence-electron chi connectivity index (χ0n) is 21.1. The van der Waals surface area contributed by atoms with Crippen molar-refractivity contribution >= 4 is 44.1 Å². The van der Waals surface area contributed by atoms with E-state index in [0.29, 0.717) is 35.2 Å². The molecule has 2 aromatic carbocycles. The van der Waals surface area contributed by atoms with Crippen molar-refractivity contribution in [3.05, 3.63) is 71.8 Å². The smallest absolute Gasteiger partial charge is 0.232 e. The lowest BCUT2D eigenvalue weighted by Gasteiger charge is -2.29. The summed E-state index contributed by atoms with van der Waals surface area (Å²) in [7, 11) is -1.87. The number of aromatic nitrogens is 3. The summed E-state index contributed by atoms with van der Waals surface area (Å²) >= 11 is 0. The topological polar surface area (TPSA) is 95.4 Å². The van der Waals surface area contributed by atoms with Gasteiger partial charge < -0.3 is 20.1 Å². The van der Waals surface area contributed by atoms with Crippen molar-refractivity contribution in [3.63, 3.8) is 0 Å². The molecule has 0 spiro atoms. The summed E-state index contributed by atoms with van der Waals surface area (Å²) in [6, 6.07) is 12.7. The van der Waals surface area contributed by atoms with Gasteiger partial charge in [0.15, 0.2) is 0 Å². The van der Waals surface area contributed by atoms with Crippen molar-refractivity contribution < 1.29 is 12.8 Å². The molecule has 1 saturated heterocycles. The second kappa shape index (κ2) is 9.98. The minimum absolute atomic E-state index is 0.293. The van der Waals surface area contributed by atoms with Crippen molar-refractivity contribution in [2.45, 2.75) is 13.5 Å². The largest absolute Gasteiger partial charge is 0.367 e. The van der Waals surface area contributed by atoms with Gasteiger partial charge in [-0.15, -0.1) is 0 Å². The Bertz CT molecular complexity index is 1550. The maximum atomic E-state index is 14.9. The van der Waals surface area contributed by atoms with E-state index >= 15 is 0 Å². The summed E-state index contributed by atoms with van der Waals surface area (Å²) in [6.45, 7) is 5.60. The van der Waals surface area contributed by atoms with E-state index in [1.807, 2.05) is 52.9 Å². The Hall–Kier alpha value is -3.70. The number of rotatable bonds is 7. The van der Waals surface area contributed by atoms with Gasteiger partial charge in [-0.2, -0.15) is 4.98 Å². The first-order chi connectivity index (χ1) is 17.7. The van der Waals surface area contributed by atoms with Crippen LogP contribution in [-0.2, 0) is 16.6 Å². The molecular formula is C26H30FN7O2S. The molecule has 0 radical (unpaired) electrons. The summed E-state index contributed by atoms with van der Waals surface area (Å²) in [5, 5.41) is 7.23. The van der Waals surface area contributed by atoms with E-state index in [9.17, 15) is 12.8 Å². The standard InChI is InChI=1S/C26H30FN7O2S/c1-18-4-6-23(32(2)37(3,35)36)20(14-18)17-34-11-8-19-16-29-26(31-25(19)34)30-21-5-7-24(22(27)15-21)33-12-9-28-10-13-33/h4-8,11,14-16,28H,9-10,12-13,17H2,1-3H3,(H,29,30,31). The predicted octanol–water partition coefficient (Wildman–Crippen LogP) is 3.48. The van der Waals surface area contributed by atoms with Crippen LogP contribution in [0.25, 0.3) is 11.0 Å². The van der Waals surface area contributed by atoms with E-state index in [1.54, 1.807) is 19.3 Å². The molecule has 2 N–H and O–H groups in total. The van der Waals surface area contributed by atoms with Gasteiger partial charge in [0.25, 0.3) is 0 Å². The van der Waals surface area contributed by atoms with Crippen LogP contribution in [0.2, 0.25) is 0 Å². The number of benzene rings is 2. The van der Waals surface area contributed by atoms with Gasteiger partial charge in [0.2, 0.25) is 16.0 Å². The van der Waals surface area contributed by atoms with Gasteiger partial charge in [-0.3, -0.25) is 4.31 Å². The number of piperazine rings is 1. The lowest BCUT2D eigenvalue weighted by molar-refractivity contribution is 0.566. The molecule has 37 heavy (non-hydrogen) atoms. The number of hydrogen-bond acceptors (Lipinski definition) is 7. The molecule has 9 nitrogen and oxygen atoms in total. The zero-order valence-corrected chi connectivity index (χ0v) is 21.9. The summed E-state index contributed by atoms with van der Waals surface area (Å²) in [6.07, 6.45) is 4.80. The lowest BCUT2D eigenvalue weighted by atomic mass is 10.1. The van der Waals surface area contributed by atoms with E-state index in [-0.39, 0.29) is 5.82 Å². The van der Waals surface area contributed by atoms with Gasteiger partial charge in [0.05, 0.1) is 24.2 Å². The highest BCUT2D eigenvalue weighted by molar-refractivity contribution is 7.92. The van der Waals surface area contributed by atoms with Gasteiger partial charge >= 0.3 is 0 Å². The number of fused-ring (bicyclic) bond motifs is 1. The molecule has 194 valence electrons. The Morgan fingerprint density at radius 1 is 1.14 bits per heavy atom. The number of hydrogen-bond donors (Lipinski definition) is 2. The molecule has 1 aliphatic rings. The average Bonchev–Trinajstić information content (AvgIpc) is 3.26. The molecule has 4 aromatic rings. The van der Waals surface area contributed by atoms with Crippen LogP contribution in [0, 0.1) is 12.7 Å². The molecule has 1 fully saturated rings. The molecule has 5 rings (SSSR count). The van der Waals surface area contributed by atoms with Gasteiger partial charge in [0.1, 0.15) is 11.5 Å². The van der Waals surface area contributed by atoms with E-state index in [4.69, 9.17) is 0 Å². The van der Waals surface area contributed by atoms with Crippen LogP contribution < -0.4 is 19.8 Å². The molecule has 0 atom stereocenters. The fraction of sp³-hybridized carbons (Fsp3) is 0.308. The Morgan fingerprint density at radius 3 is 2.65 bits per heavy atom. The summed E-state index contributed by atoms with van der Waals surface area (Å²) in [4.78, 5) is 11.1. The zero-order chi connectivity index (χ0) is 26.2. The average molecular weight is 524 g/mol. The Balaban J connectivity index is 1.41. The number of nitrogens with one attached hydrogen (secondary N) is 2. The molecule has 0 bridgehead atoms. The monoisotopic (exact) mass is 523 g/mol. The number of nitrogens with zero attached hydrogens (tertiary/aromatic N) is 5. The molecule has 0 aliphatic carbocycles. The minimum atomic E-state index is -3.42. The lowest BCUT2D eigenvalue weighted by Crippen LogP contribution is -2.43. The third-order valence-electron chi connectivity index (χ3n) is 6.58.